The first kappa shape index (κ1) is 23.0. The van der Waals surface area contributed by atoms with Crippen LogP contribution in [-0.4, -0.2) is 89.3 Å². The predicted molar refractivity (Wildman–Crippen MR) is 124 cm³/mol. The largest absolute Gasteiger partial charge is 0.497 e. The third kappa shape index (κ3) is 5.63. The van der Waals surface area contributed by atoms with E-state index in [0.29, 0.717) is 19.6 Å². The lowest BCUT2D eigenvalue weighted by molar-refractivity contribution is 0.368. The molecule has 158 valence electrons. The average molecular weight is 523 g/mol. The van der Waals surface area contributed by atoms with Crippen molar-refractivity contribution < 1.29 is 13.2 Å². The van der Waals surface area contributed by atoms with Crippen molar-refractivity contribution in [1.82, 2.24) is 14.5 Å². The summed E-state index contributed by atoms with van der Waals surface area (Å²) >= 11 is 0. The minimum absolute atomic E-state index is 0. The summed E-state index contributed by atoms with van der Waals surface area (Å²) in [5.41, 5.74) is 1.19. The number of hydrogen-bond donors (Lipinski definition) is 1. The van der Waals surface area contributed by atoms with Crippen molar-refractivity contribution in [3.05, 3.63) is 24.3 Å². The molecular weight excluding hydrogens is 493 g/mol. The molecule has 0 aromatic heterocycles. The summed E-state index contributed by atoms with van der Waals surface area (Å²) in [7, 11) is 0.405. The van der Waals surface area contributed by atoms with Crippen molar-refractivity contribution >= 4 is 45.6 Å². The summed E-state index contributed by atoms with van der Waals surface area (Å²) < 4.78 is 30.5. The van der Waals surface area contributed by atoms with Gasteiger partial charge in [-0.3, -0.25) is 4.99 Å². The fourth-order valence-electron chi connectivity index (χ4n) is 3.54. The smallest absolute Gasteiger partial charge is 0.214 e. The first-order valence-electron chi connectivity index (χ1n) is 9.36. The van der Waals surface area contributed by atoms with E-state index in [1.165, 1.54) is 5.69 Å². The van der Waals surface area contributed by atoms with Gasteiger partial charge in [-0.05, 0) is 30.7 Å². The number of nitrogens with zero attached hydrogens (tertiary/aromatic N) is 4. The van der Waals surface area contributed by atoms with Crippen LogP contribution in [0.4, 0.5) is 5.69 Å². The Hall–Kier alpha value is -1.27. The Bertz CT molecular complexity index is 749. The molecule has 1 N–H and O–H groups in total. The van der Waals surface area contributed by atoms with Gasteiger partial charge in [0.2, 0.25) is 10.0 Å². The Labute approximate surface area is 185 Å². The molecule has 0 bridgehead atoms. The molecule has 8 nitrogen and oxygen atoms in total. The summed E-state index contributed by atoms with van der Waals surface area (Å²) in [6, 6.07) is 8.12. The third-order valence-corrected chi connectivity index (χ3v) is 7.03. The number of piperazine rings is 1. The van der Waals surface area contributed by atoms with Gasteiger partial charge in [-0.1, -0.05) is 0 Å². The van der Waals surface area contributed by atoms with Gasteiger partial charge >= 0.3 is 0 Å². The summed E-state index contributed by atoms with van der Waals surface area (Å²) in [6.45, 7) is 5.25. The first-order valence-corrected chi connectivity index (χ1v) is 11.0. The van der Waals surface area contributed by atoms with Crippen LogP contribution in [0.15, 0.2) is 29.3 Å². The summed E-state index contributed by atoms with van der Waals surface area (Å²) in [6.07, 6.45) is 0.727. The number of anilines is 1. The topological polar surface area (TPSA) is 77.5 Å². The lowest BCUT2D eigenvalue weighted by Gasteiger charge is -2.37. The molecule has 0 unspecified atom stereocenters. The highest BCUT2D eigenvalue weighted by Crippen LogP contribution is 2.20. The van der Waals surface area contributed by atoms with Gasteiger partial charge < -0.3 is 19.9 Å². The van der Waals surface area contributed by atoms with Crippen molar-refractivity contribution in [2.24, 2.45) is 4.99 Å². The fourth-order valence-corrected chi connectivity index (χ4v) is 5.07. The second-order valence-electron chi connectivity index (χ2n) is 6.71. The van der Waals surface area contributed by atoms with Gasteiger partial charge in [0, 0.05) is 58.5 Å². The molecule has 2 aliphatic rings. The zero-order valence-corrected chi connectivity index (χ0v) is 19.7. The molecule has 2 saturated heterocycles. The molecule has 10 heteroatoms. The second kappa shape index (κ2) is 10.5. The van der Waals surface area contributed by atoms with Crippen LogP contribution < -0.4 is 15.0 Å². The van der Waals surface area contributed by atoms with Crippen molar-refractivity contribution in [3.63, 3.8) is 0 Å². The molecule has 2 heterocycles. The maximum absolute atomic E-state index is 11.9. The van der Waals surface area contributed by atoms with Crippen LogP contribution in [-0.2, 0) is 10.0 Å². The number of halogens is 1. The van der Waals surface area contributed by atoms with Gasteiger partial charge in [-0.15, -0.1) is 24.0 Å². The third-order valence-electron chi connectivity index (χ3n) is 5.08. The molecule has 0 saturated carbocycles. The minimum atomic E-state index is -3.04. The van der Waals surface area contributed by atoms with E-state index in [1.54, 1.807) is 18.5 Å². The number of sulfonamides is 1. The van der Waals surface area contributed by atoms with Gasteiger partial charge in [0.05, 0.1) is 12.9 Å². The van der Waals surface area contributed by atoms with E-state index < -0.39 is 10.0 Å². The number of hydrogen-bond acceptors (Lipinski definition) is 5. The van der Waals surface area contributed by atoms with Crippen LogP contribution in [0.1, 0.15) is 6.42 Å². The van der Waals surface area contributed by atoms with Gasteiger partial charge in [-0.25, -0.2) is 12.7 Å². The predicted octanol–water partition coefficient (Wildman–Crippen LogP) is 1.05. The molecule has 2 fully saturated rings. The molecule has 2 aliphatic heterocycles. The van der Waals surface area contributed by atoms with E-state index in [4.69, 9.17) is 4.74 Å². The Morgan fingerprint density at radius 3 is 2.36 bits per heavy atom. The summed E-state index contributed by atoms with van der Waals surface area (Å²) in [5, 5.41) is 3.31. The Kier molecular flexibility index (Phi) is 8.62. The quantitative estimate of drug-likeness (QED) is 0.353. The number of rotatable bonds is 5. The molecule has 1 aromatic rings. The highest BCUT2D eigenvalue weighted by atomic mass is 127. The first-order chi connectivity index (χ1) is 13.0. The monoisotopic (exact) mass is 523 g/mol. The van der Waals surface area contributed by atoms with Crippen LogP contribution in [0.5, 0.6) is 5.75 Å². The van der Waals surface area contributed by atoms with E-state index >= 15 is 0 Å². The Morgan fingerprint density at radius 2 is 1.82 bits per heavy atom. The lowest BCUT2D eigenvalue weighted by Crippen LogP contribution is -2.53. The SMILES string of the molecule is CN=C(NCCN1CCCS1(=O)=O)N1CCN(c2ccc(OC)cc2)CC1.I. The normalized spacial score (nSPS) is 20.0. The lowest BCUT2D eigenvalue weighted by atomic mass is 10.2. The van der Waals surface area contributed by atoms with Crippen molar-refractivity contribution in [2.75, 3.05) is 70.6 Å². The van der Waals surface area contributed by atoms with Crippen LogP contribution in [0, 0.1) is 0 Å². The van der Waals surface area contributed by atoms with Crippen LogP contribution in [0.3, 0.4) is 0 Å². The van der Waals surface area contributed by atoms with Crippen LogP contribution in [0.25, 0.3) is 0 Å². The molecule has 3 rings (SSSR count). The Morgan fingerprint density at radius 1 is 1.14 bits per heavy atom. The number of methoxy groups -OCH3 is 1. The Balaban J connectivity index is 0.00000280. The summed E-state index contributed by atoms with van der Waals surface area (Å²) in [4.78, 5) is 8.93. The molecule has 0 amide bonds. The summed E-state index contributed by atoms with van der Waals surface area (Å²) in [5.74, 6) is 1.97. The average Bonchev–Trinajstić information content (AvgIpc) is 3.04. The fraction of sp³-hybridized carbons (Fsp3) is 0.611. The molecule has 0 atom stereocenters. The number of ether oxygens (including phenoxy) is 1. The molecule has 0 spiro atoms. The molecule has 0 radical (unpaired) electrons. The second-order valence-corrected chi connectivity index (χ2v) is 8.80. The van der Waals surface area contributed by atoms with Crippen molar-refractivity contribution in [3.8, 4) is 5.75 Å². The van der Waals surface area contributed by atoms with Crippen molar-refractivity contribution in [1.29, 1.82) is 0 Å². The van der Waals surface area contributed by atoms with Gasteiger partial charge in [0.1, 0.15) is 5.75 Å². The van der Waals surface area contributed by atoms with E-state index in [0.717, 1.165) is 44.3 Å². The van der Waals surface area contributed by atoms with E-state index in [1.807, 2.05) is 12.1 Å². The van der Waals surface area contributed by atoms with Crippen molar-refractivity contribution in [2.45, 2.75) is 6.42 Å². The maximum atomic E-state index is 11.9. The molecular formula is C18H30IN5O3S. The van der Waals surface area contributed by atoms with E-state index in [2.05, 4.69) is 32.2 Å². The number of nitrogens with one attached hydrogen (secondary N) is 1. The minimum Gasteiger partial charge on any atom is -0.497 e. The highest BCUT2D eigenvalue weighted by molar-refractivity contribution is 14.0. The van der Waals surface area contributed by atoms with E-state index in [9.17, 15) is 8.42 Å². The zero-order chi connectivity index (χ0) is 19.3. The molecule has 1 aromatic carbocycles. The van der Waals surface area contributed by atoms with Crippen LogP contribution >= 0.6 is 24.0 Å². The highest BCUT2D eigenvalue weighted by Gasteiger charge is 2.27. The molecule has 28 heavy (non-hydrogen) atoms. The molecule has 0 aliphatic carbocycles. The van der Waals surface area contributed by atoms with Crippen LogP contribution in [0.2, 0.25) is 0 Å². The van der Waals surface area contributed by atoms with Gasteiger partial charge in [0.15, 0.2) is 5.96 Å². The maximum Gasteiger partial charge on any atom is 0.214 e. The van der Waals surface area contributed by atoms with Gasteiger partial charge in [0.25, 0.3) is 0 Å². The van der Waals surface area contributed by atoms with Gasteiger partial charge in [-0.2, -0.15) is 0 Å². The number of aliphatic imine (C=N–C) groups is 1. The standard InChI is InChI=1S/C18H29N5O3S.HI/c1-19-18(20-8-10-23-9-3-15-27(23,24)25)22-13-11-21(12-14-22)16-4-6-17(26-2)7-5-16;/h4-7H,3,8-15H2,1-2H3,(H,19,20);1H. The number of guanidine groups is 1. The van der Waals surface area contributed by atoms with E-state index in [-0.39, 0.29) is 29.7 Å². The zero-order valence-electron chi connectivity index (χ0n) is 16.5. The number of benzene rings is 1.